The second-order valence-electron chi connectivity index (χ2n) is 3.10. The fourth-order valence-corrected chi connectivity index (χ4v) is 0.964. The number of hydrazone groups is 1. The van der Waals surface area contributed by atoms with Gasteiger partial charge in [0.2, 0.25) is 0 Å². The van der Waals surface area contributed by atoms with Crippen molar-refractivity contribution < 1.29 is 4.79 Å². The fourth-order valence-electron chi connectivity index (χ4n) is 0.964. The van der Waals surface area contributed by atoms with Crippen LogP contribution in [-0.4, -0.2) is 35.4 Å². The maximum Gasteiger partial charge on any atom is 0.268 e. The Bertz CT molecular complexity index is 348. The number of nitrogens with zero attached hydrogens (tertiary/aromatic N) is 3. The van der Waals surface area contributed by atoms with E-state index < -0.39 is 5.91 Å². The zero-order valence-electron chi connectivity index (χ0n) is 8.77. The van der Waals surface area contributed by atoms with Crippen molar-refractivity contribution in [1.82, 2.24) is 21.1 Å². The zero-order valence-corrected chi connectivity index (χ0v) is 8.77. The van der Waals surface area contributed by atoms with Crippen LogP contribution >= 0.6 is 0 Å². The van der Waals surface area contributed by atoms with Crippen LogP contribution in [0, 0.1) is 0 Å². The van der Waals surface area contributed by atoms with Crippen LogP contribution in [0.4, 0.5) is 0 Å². The average molecular weight is 229 g/mol. The Kier molecular flexibility index (Phi) is 3.37. The van der Waals surface area contributed by atoms with E-state index in [9.17, 15) is 4.79 Å². The molecule has 1 rings (SSSR count). The Morgan fingerprint density at radius 3 is 2.56 bits per heavy atom. The highest BCUT2D eigenvalue weighted by Gasteiger charge is 2.17. The van der Waals surface area contributed by atoms with Gasteiger partial charge in [-0.05, 0) is 0 Å². The minimum atomic E-state index is -0.828. The third-order valence-electron chi connectivity index (χ3n) is 1.95. The summed E-state index contributed by atoms with van der Waals surface area (Å²) in [5.41, 5.74) is 20.7. The van der Waals surface area contributed by atoms with Crippen LogP contribution in [0.3, 0.4) is 0 Å². The number of likely N-dealkylation sites (N-methyl/N-ethyl adjacent to an activating group) is 1. The quantitative estimate of drug-likeness (QED) is 0.161. The summed E-state index contributed by atoms with van der Waals surface area (Å²) in [4.78, 5) is 10.8. The van der Waals surface area contributed by atoms with E-state index in [0.717, 1.165) is 5.01 Å². The molecule has 1 aliphatic heterocycles. The summed E-state index contributed by atoms with van der Waals surface area (Å²) in [6, 6.07) is 0. The lowest BCUT2D eigenvalue weighted by atomic mass is 10.4. The fraction of sp³-hybridized carbons (Fsp3) is 0.333. The molecular formula is C6H15N9O. The highest BCUT2D eigenvalue weighted by atomic mass is 16.1. The number of nitrogens with one attached hydrogen (secondary N) is 2. The van der Waals surface area contributed by atoms with Gasteiger partial charge >= 0.3 is 0 Å². The lowest BCUT2D eigenvalue weighted by Crippen LogP contribution is -2.46. The number of amides is 1. The molecule has 0 bridgehead atoms. The maximum atomic E-state index is 10.8. The van der Waals surface area contributed by atoms with Gasteiger partial charge in [-0.25, -0.2) is 11.4 Å². The average Bonchev–Trinajstić information content (AvgIpc) is 2.62. The molecule has 0 aromatic heterocycles. The first-order valence-electron chi connectivity index (χ1n) is 4.31. The summed E-state index contributed by atoms with van der Waals surface area (Å²) in [6.45, 7) is 0.163. The third-order valence-corrected chi connectivity index (χ3v) is 1.95. The molecule has 1 amide bonds. The lowest BCUT2D eigenvalue weighted by molar-refractivity contribution is -0.114. The number of carbonyl (C=O) groups is 1. The van der Waals surface area contributed by atoms with Gasteiger partial charge in [-0.1, -0.05) is 0 Å². The molecule has 1 aliphatic rings. The van der Waals surface area contributed by atoms with Crippen LogP contribution in [0.1, 0.15) is 0 Å². The van der Waals surface area contributed by atoms with Crippen molar-refractivity contribution in [2.24, 2.45) is 28.1 Å². The Labute approximate surface area is 91.8 Å². The van der Waals surface area contributed by atoms with E-state index in [4.69, 9.17) is 23.0 Å². The molecule has 0 aromatic rings. The number of hydrazine groups is 3. The smallest absolute Gasteiger partial charge is 0.268 e. The van der Waals surface area contributed by atoms with Crippen molar-refractivity contribution in [3.63, 3.8) is 0 Å². The van der Waals surface area contributed by atoms with Crippen LogP contribution in [0.2, 0.25) is 0 Å². The SMILES string of the molecule is CN1NNN=C1CN(N)/C(N)=C(\N)C(N)=O. The molecule has 0 saturated carbocycles. The van der Waals surface area contributed by atoms with Gasteiger partial charge in [0.15, 0.2) is 5.84 Å². The molecule has 0 atom stereocenters. The van der Waals surface area contributed by atoms with E-state index in [-0.39, 0.29) is 18.1 Å². The standard InChI is InChI=1S/C6H15N9O/c1-14-3(11-12-13-14)2-15(10)5(8)4(7)6(9)16/h12-13H,2,7-8,10H2,1H3,(H2,9,16)/b5-4-. The molecule has 0 saturated heterocycles. The number of primary amides is 1. The van der Waals surface area contributed by atoms with Gasteiger partial charge in [-0.15, -0.1) is 10.6 Å². The third kappa shape index (κ3) is 2.43. The van der Waals surface area contributed by atoms with Crippen molar-refractivity contribution in [1.29, 1.82) is 0 Å². The normalized spacial score (nSPS) is 16.4. The second kappa shape index (κ2) is 4.55. The highest BCUT2D eigenvalue weighted by Crippen LogP contribution is 1.97. The predicted molar refractivity (Wildman–Crippen MR) is 57.0 cm³/mol. The summed E-state index contributed by atoms with van der Waals surface area (Å²) in [5, 5.41) is 6.53. The van der Waals surface area contributed by atoms with Crippen molar-refractivity contribution >= 4 is 11.7 Å². The van der Waals surface area contributed by atoms with Crippen LogP contribution in [0.15, 0.2) is 16.6 Å². The number of nitrogens with two attached hydrogens (primary N) is 4. The number of hydrogen-bond donors (Lipinski definition) is 6. The molecule has 10 heteroatoms. The van der Waals surface area contributed by atoms with Gasteiger partial charge in [-0.2, -0.15) is 0 Å². The molecule has 1 heterocycles. The molecule has 0 unspecified atom stereocenters. The number of rotatable bonds is 4. The Morgan fingerprint density at radius 2 is 2.12 bits per heavy atom. The zero-order chi connectivity index (χ0) is 12.3. The summed E-state index contributed by atoms with van der Waals surface area (Å²) in [5.74, 6) is 5.24. The van der Waals surface area contributed by atoms with Gasteiger partial charge < -0.3 is 17.2 Å². The van der Waals surface area contributed by atoms with Crippen molar-refractivity contribution in [3.05, 3.63) is 11.5 Å². The molecule has 16 heavy (non-hydrogen) atoms. The number of carbonyl (C=O) groups excluding carboxylic acids is 1. The maximum absolute atomic E-state index is 10.8. The molecular weight excluding hydrogens is 214 g/mol. The van der Waals surface area contributed by atoms with Crippen molar-refractivity contribution in [2.75, 3.05) is 13.6 Å². The monoisotopic (exact) mass is 229 g/mol. The van der Waals surface area contributed by atoms with Crippen LogP contribution in [0.5, 0.6) is 0 Å². The van der Waals surface area contributed by atoms with E-state index >= 15 is 0 Å². The molecule has 0 radical (unpaired) electrons. The van der Waals surface area contributed by atoms with E-state index in [1.807, 2.05) is 0 Å². The van der Waals surface area contributed by atoms with Crippen LogP contribution in [-0.2, 0) is 4.79 Å². The molecule has 0 fully saturated rings. The summed E-state index contributed by atoms with van der Waals surface area (Å²) >= 11 is 0. The largest absolute Gasteiger partial charge is 0.391 e. The minimum Gasteiger partial charge on any atom is -0.391 e. The van der Waals surface area contributed by atoms with Gasteiger partial charge in [0.1, 0.15) is 11.5 Å². The molecule has 10 N–H and O–H groups in total. The molecule has 0 aliphatic carbocycles. The highest BCUT2D eigenvalue weighted by molar-refractivity contribution is 5.91. The van der Waals surface area contributed by atoms with Crippen LogP contribution in [0.25, 0.3) is 0 Å². The van der Waals surface area contributed by atoms with Crippen molar-refractivity contribution in [3.8, 4) is 0 Å². The summed E-state index contributed by atoms with van der Waals surface area (Å²) in [7, 11) is 1.73. The Balaban J connectivity index is 2.69. The molecule has 10 nitrogen and oxygen atoms in total. The lowest BCUT2D eigenvalue weighted by Gasteiger charge is -2.21. The van der Waals surface area contributed by atoms with E-state index in [2.05, 4.69) is 16.2 Å². The minimum absolute atomic E-state index is 0.101. The predicted octanol–water partition coefficient (Wildman–Crippen LogP) is -4.00. The van der Waals surface area contributed by atoms with Crippen LogP contribution < -0.4 is 34.1 Å². The van der Waals surface area contributed by atoms with E-state index in [1.54, 1.807) is 12.1 Å². The van der Waals surface area contributed by atoms with Gasteiger partial charge in [0.25, 0.3) is 5.91 Å². The van der Waals surface area contributed by atoms with Gasteiger partial charge in [0, 0.05) is 7.05 Å². The molecule has 0 aromatic carbocycles. The van der Waals surface area contributed by atoms with E-state index in [0.29, 0.717) is 5.84 Å². The Morgan fingerprint density at radius 1 is 1.50 bits per heavy atom. The first-order chi connectivity index (χ1) is 7.43. The first-order valence-corrected chi connectivity index (χ1v) is 4.31. The summed E-state index contributed by atoms with van der Waals surface area (Å²) < 4.78 is 0. The Hall–Kier alpha value is -2.20. The number of amidine groups is 1. The van der Waals surface area contributed by atoms with E-state index in [1.165, 1.54) is 0 Å². The first kappa shape index (κ1) is 11.9. The van der Waals surface area contributed by atoms with Gasteiger partial charge in [-0.3, -0.25) is 14.8 Å². The number of hydrogen-bond acceptors (Lipinski definition) is 9. The molecule has 90 valence electrons. The molecule has 0 spiro atoms. The van der Waals surface area contributed by atoms with Crippen molar-refractivity contribution in [2.45, 2.75) is 0 Å². The second-order valence-corrected chi connectivity index (χ2v) is 3.10. The van der Waals surface area contributed by atoms with Gasteiger partial charge in [0.05, 0.1) is 6.54 Å². The topological polar surface area (TPSA) is 164 Å². The summed E-state index contributed by atoms with van der Waals surface area (Å²) in [6.07, 6.45) is 0.